The Morgan fingerprint density at radius 2 is 0.945 bits per heavy atom. The summed E-state index contributed by atoms with van der Waals surface area (Å²) in [6.07, 6.45) is 28.0. The molecule has 1 N–H and O–H groups in total. The fraction of sp³-hybridized carbons (Fsp3) is 0.955. The third-order valence-electron chi connectivity index (χ3n) is 10.3. The third kappa shape index (κ3) is 36.8. The smallest absolute Gasteiger partial charge is 0.307 e. The van der Waals surface area contributed by atoms with E-state index in [9.17, 15) is 18.0 Å². The Kier molecular flexibility index (Phi) is 40.1. The number of ether oxygens (including phenoxy) is 2. The number of carbonyl (C=O) groups is 2. The fourth-order valence-corrected chi connectivity index (χ4v) is 8.69. The van der Waals surface area contributed by atoms with Crippen LogP contribution in [0, 0.1) is 0 Å². The fourth-order valence-electron chi connectivity index (χ4n) is 6.84. The molecule has 0 radical (unpaired) electrons. The van der Waals surface area contributed by atoms with Gasteiger partial charge in [0.05, 0.1) is 32.8 Å². The highest BCUT2D eigenvalue weighted by atomic mass is 32.2. The minimum atomic E-state index is -3.41. The maximum atomic E-state index is 13.4. The Balaban J connectivity index is 0. The van der Waals surface area contributed by atoms with Gasteiger partial charge in [-0.25, -0.2) is 8.42 Å². The van der Waals surface area contributed by atoms with E-state index in [2.05, 4.69) is 50.0 Å². The summed E-state index contributed by atoms with van der Waals surface area (Å²) in [6, 6.07) is -0.0365. The van der Waals surface area contributed by atoms with Crippen LogP contribution >= 0.6 is 0 Å². The number of sulfonamides is 1. The second-order valence-electron chi connectivity index (χ2n) is 16.2. The van der Waals surface area contributed by atoms with Gasteiger partial charge in [-0.1, -0.05) is 143 Å². The third-order valence-corrected chi connectivity index (χ3v) is 12.3. The van der Waals surface area contributed by atoms with Gasteiger partial charge in [-0.05, 0) is 79.9 Å². The van der Waals surface area contributed by atoms with Crippen molar-refractivity contribution in [2.75, 3.05) is 74.3 Å². The van der Waals surface area contributed by atoms with E-state index in [0.717, 1.165) is 71.0 Å². The average Bonchev–Trinajstić information content (AvgIpc) is 3.15. The van der Waals surface area contributed by atoms with Crippen molar-refractivity contribution in [3.05, 3.63) is 0 Å². The molecule has 0 fully saturated rings. The minimum Gasteiger partial charge on any atom is -0.469 e. The second-order valence-corrected chi connectivity index (χ2v) is 18.2. The van der Waals surface area contributed by atoms with E-state index in [1.807, 2.05) is 14.1 Å². The van der Waals surface area contributed by atoms with Crippen LogP contribution < -0.4 is 5.32 Å². The lowest BCUT2D eigenvalue weighted by Crippen LogP contribution is -2.44. The highest BCUT2D eigenvalue weighted by molar-refractivity contribution is 7.89. The molecule has 0 aromatic carbocycles. The van der Waals surface area contributed by atoms with Crippen LogP contribution in [0.15, 0.2) is 0 Å². The van der Waals surface area contributed by atoms with E-state index in [1.54, 1.807) is 4.31 Å². The van der Waals surface area contributed by atoms with E-state index in [4.69, 9.17) is 9.47 Å². The van der Waals surface area contributed by atoms with Crippen molar-refractivity contribution >= 4 is 22.0 Å². The molecule has 0 aromatic heterocycles. The predicted octanol–water partition coefficient (Wildman–Crippen LogP) is 9.60. The van der Waals surface area contributed by atoms with E-state index in [0.29, 0.717) is 19.4 Å². The van der Waals surface area contributed by atoms with E-state index in [-0.39, 0.29) is 36.2 Å². The van der Waals surface area contributed by atoms with E-state index < -0.39 is 10.0 Å². The standard InChI is InChI=1S/C26H54N2O4S.C18H38N2O2/c1-6-8-10-12-14-15-17-20-25(24-26(29)32-5)28(22-19-21-27(3)4)33(30,31)23-18-16-13-11-9-7-2;1-5-6-7-8-9-10-11-13-17(16-18(21)22-4)19-14-12-15-20(2)3/h25H,6-24H2,1-5H3;17,19H,5-16H2,1-4H3. The average molecular weight is 805 g/mol. The molecule has 0 aliphatic carbocycles. The molecule has 0 heterocycles. The largest absolute Gasteiger partial charge is 0.469 e. The van der Waals surface area contributed by atoms with Crippen LogP contribution in [0.3, 0.4) is 0 Å². The zero-order valence-corrected chi connectivity index (χ0v) is 38.6. The first kappa shape index (κ1) is 55.8. The molecule has 0 bridgehead atoms. The molecule has 0 saturated heterocycles. The van der Waals surface area contributed by atoms with Crippen molar-refractivity contribution in [2.24, 2.45) is 0 Å². The number of nitrogens with one attached hydrogen (secondary N) is 1. The predicted molar refractivity (Wildman–Crippen MR) is 234 cm³/mol. The number of methoxy groups -OCH3 is 2. The zero-order valence-electron chi connectivity index (χ0n) is 37.8. The van der Waals surface area contributed by atoms with Gasteiger partial charge in [0.25, 0.3) is 0 Å². The monoisotopic (exact) mass is 805 g/mol. The second kappa shape index (κ2) is 39.6. The van der Waals surface area contributed by atoms with Gasteiger partial charge < -0.3 is 24.6 Å². The summed E-state index contributed by atoms with van der Waals surface area (Å²) >= 11 is 0. The molecule has 0 saturated carbocycles. The van der Waals surface area contributed by atoms with Crippen molar-refractivity contribution in [3.8, 4) is 0 Å². The van der Waals surface area contributed by atoms with Gasteiger partial charge in [-0.3, -0.25) is 9.59 Å². The summed E-state index contributed by atoms with van der Waals surface area (Å²) in [5.41, 5.74) is 0. The van der Waals surface area contributed by atoms with Crippen molar-refractivity contribution in [1.29, 1.82) is 0 Å². The van der Waals surface area contributed by atoms with Crippen LogP contribution in [0.4, 0.5) is 0 Å². The molecule has 55 heavy (non-hydrogen) atoms. The summed E-state index contributed by atoms with van der Waals surface area (Å²) in [6.45, 7) is 9.99. The van der Waals surface area contributed by atoms with Crippen LogP contribution in [-0.4, -0.2) is 121 Å². The van der Waals surface area contributed by atoms with Crippen LogP contribution in [-0.2, 0) is 29.1 Å². The molecular formula is C44H92N4O6S. The SMILES string of the molecule is CCCCCCCCCC(CC(=O)OC)N(CCCN(C)C)S(=O)(=O)CCCCCCCC.CCCCCCCCCC(CC(=O)OC)NCCCN(C)C. The summed E-state index contributed by atoms with van der Waals surface area (Å²) < 4.78 is 38.1. The minimum absolute atomic E-state index is 0.104. The first-order valence-corrected chi connectivity index (χ1v) is 24.1. The Morgan fingerprint density at radius 1 is 0.527 bits per heavy atom. The topological polar surface area (TPSA) is 108 Å². The molecule has 330 valence electrons. The maximum absolute atomic E-state index is 13.4. The van der Waals surface area contributed by atoms with Crippen LogP contribution in [0.5, 0.6) is 0 Å². The quantitative estimate of drug-likeness (QED) is 0.0482. The highest BCUT2D eigenvalue weighted by Gasteiger charge is 2.31. The van der Waals surface area contributed by atoms with E-state index >= 15 is 0 Å². The van der Waals surface area contributed by atoms with Gasteiger partial charge in [0.1, 0.15) is 0 Å². The molecule has 0 spiro atoms. The summed E-state index contributed by atoms with van der Waals surface area (Å²) in [4.78, 5) is 27.9. The zero-order chi connectivity index (χ0) is 41.6. The molecule has 0 aliphatic rings. The lowest BCUT2D eigenvalue weighted by molar-refractivity contribution is -0.142. The first-order chi connectivity index (χ1) is 26.4. The molecule has 2 atom stereocenters. The van der Waals surface area contributed by atoms with Gasteiger partial charge in [0.15, 0.2) is 0 Å². The lowest BCUT2D eigenvalue weighted by Gasteiger charge is -2.31. The maximum Gasteiger partial charge on any atom is 0.307 e. The van der Waals surface area contributed by atoms with Crippen molar-refractivity contribution in [2.45, 2.75) is 200 Å². The van der Waals surface area contributed by atoms with Crippen molar-refractivity contribution in [3.63, 3.8) is 0 Å². The lowest BCUT2D eigenvalue weighted by atomic mass is 10.0. The number of hydrogen-bond acceptors (Lipinski definition) is 9. The number of hydrogen-bond donors (Lipinski definition) is 1. The number of nitrogens with zero attached hydrogens (tertiary/aromatic N) is 3. The van der Waals surface area contributed by atoms with Crippen LogP contribution in [0.25, 0.3) is 0 Å². The summed E-state index contributed by atoms with van der Waals surface area (Å²) in [5.74, 6) is -0.251. The van der Waals surface area contributed by atoms with Crippen LogP contribution in [0.1, 0.15) is 188 Å². The Labute approximate surface area is 342 Å². The molecular weight excluding hydrogens is 713 g/mol. The van der Waals surface area contributed by atoms with Gasteiger partial charge in [-0.2, -0.15) is 4.31 Å². The van der Waals surface area contributed by atoms with Crippen LogP contribution in [0.2, 0.25) is 0 Å². The van der Waals surface area contributed by atoms with Gasteiger partial charge in [0.2, 0.25) is 10.0 Å². The van der Waals surface area contributed by atoms with Crippen molar-refractivity contribution < 1.29 is 27.5 Å². The number of esters is 2. The van der Waals surface area contributed by atoms with Gasteiger partial charge in [-0.15, -0.1) is 0 Å². The van der Waals surface area contributed by atoms with Gasteiger partial charge >= 0.3 is 11.9 Å². The van der Waals surface area contributed by atoms with E-state index in [1.165, 1.54) is 111 Å². The summed E-state index contributed by atoms with van der Waals surface area (Å²) in [5, 5.41) is 3.52. The number of unbranched alkanes of at least 4 members (excludes halogenated alkanes) is 17. The highest BCUT2D eigenvalue weighted by Crippen LogP contribution is 2.21. The first-order valence-electron chi connectivity index (χ1n) is 22.5. The number of rotatable bonds is 38. The summed E-state index contributed by atoms with van der Waals surface area (Å²) in [7, 11) is 7.62. The Bertz CT molecular complexity index is 966. The molecule has 10 nitrogen and oxygen atoms in total. The molecule has 0 rings (SSSR count). The molecule has 0 aromatic rings. The Hall–Kier alpha value is -1.27. The molecule has 0 amide bonds. The van der Waals surface area contributed by atoms with Gasteiger partial charge in [0, 0.05) is 18.6 Å². The molecule has 11 heteroatoms. The normalized spacial score (nSPS) is 12.9. The molecule has 2 unspecified atom stereocenters. The Morgan fingerprint density at radius 3 is 1.42 bits per heavy atom. The number of carbonyl (C=O) groups excluding carboxylic acids is 2. The molecule has 0 aliphatic heterocycles. The van der Waals surface area contributed by atoms with Crippen molar-refractivity contribution in [1.82, 2.24) is 19.4 Å².